The van der Waals surface area contributed by atoms with Crippen molar-refractivity contribution in [3.63, 3.8) is 0 Å². The first-order chi connectivity index (χ1) is 9.15. The lowest BCUT2D eigenvalue weighted by molar-refractivity contribution is 0.621. The lowest BCUT2D eigenvalue weighted by Gasteiger charge is -2.16. The third kappa shape index (κ3) is 2.33. The number of aromatic amines is 1. The number of fused-ring (bicyclic) bond motifs is 1. The molecule has 19 heavy (non-hydrogen) atoms. The lowest BCUT2D eigenvalue weighted by atomic mass is 10.1. The van der Waals surface area contributed by atoms with Crippen molar-refractivity contribution in [2.24, 2.45) is 0 Å². The van der Waals surface area contributed by atoms with Gasteiger partial charge in [0, 0.05) is 29.5 Å². The first kappa shape index (κ1) is 12.5. The van der Waals surface area contributed by atoms with Gasteiger partial charge < -0.3 is 10.3 Å². The second-order valence-electron chi connectivity index (χ2n) is 4.39. The quantitative estimate of drug-likeness (QED) is 0.843. The molecule has 3 rings (SSSR count). The maximum Gasteiger partial charge on any atom is 0.255 e. The highest BCUT2D eigenvalue weighted by molar-refractivity contribution is 9.10. The van der Waals surface area contributed by atoms with Gasteiger partial charge in [-0.05, 0) is 34.1 Å². The Morgan fingerprint density at radius 2 is 2.21 bits per heavy atom. The van der Waals surface area contributed by atoms with E-state index in [-0.39, 0.29) is 11.4 Å². The Hall–Kier alpha value is -1.53. The molecule has 0 amide bonds. The second kappa shape index (κ2) is 4.86. The molecule has 0 radical (unpaired) electrons. The van der Waals surface area contributed by atoms with E-state index in [4.69, 9.17) is 0 Å². The van der Waals surface area contributed by atoms with Gasteiger partial charge in [0.1, 0.15) is 11.6 Å². The monoisotopic (exact) mass is 323 g/mol. The maximum atomic E-state index is 13.1. The third-order valence-electron chi connectivity index (χ3n) is 3.13. The van der Waals surface area contributed by atoms with E-state index in [1.165, 1.54) is 12.1 Å². The zero-order valence-electron chi connectivity index (χ0n) is 9.96. The molecule has 0 saturated heterocycles. The predicted octanol–water partition coefficient (Wildman–Crippen LogP) is 1.98. The molecule has 6 heteroatoms. The zero-order chi connectivity index (χ0) is 13.4. The Morgan fingerprint density at radius 1 is 1.37 bits per heavy atom. The number of nitrogens with one attached hydrogen (secondary N) is 2. The minimum Gasteiger partial charge on any atom is -0.312 e. The van der Waals surface area contributed by atoms with Crippen molar-refractivity contribution in [1.29, 1.82) is 0 Å². The first-order valence-corrected chi connectivity index (χ1v) is 6.72. The fourth-order valence-electron chi connectivity index (χ4n) is 2.16. The highest BCUT2D eigenvalue weighted by atomic mass is 79.9. The molecule has 98 valence electrons. The van der Waals surface area contributed by atoms with E-state index in [0.29, 0.717) is 28.0 Å². The van der Waals surface area contributed by atoms with E-state index in [9.17, 15) is 9.18 Å². The molecule has 0 aliphatic carbocycles. The van der Waals surface area contributed by atoms with Crippen LogP contribution in [0.15, 0.2) is 27.5 Å². The summed E-state index contributed by atoms with van der Waals surface area (Å²) in [5.74, 6) is 0.137. The van der Waals surface area contributed by atoms with E-state index in [2.05, 4.69) is 31.2 Å². The highest BCUT2D eigenvalue weighted by Gasteiger charge is 2.16. The van der Waals surface area contributed by atoms with Gasteiger partial charge in [-0.25, -0.2) is 9.37 Å². The second-order valence-corrected chi connectivity index (χ2v) is 5.25. The maximum absolute atomic E-state index is 13.1. The largest absolute Gasteiger partial charge is 0.312 e. The van der Waals surface area contributed by atoms with Crippen molar-refractivity contribution in [1.82, 2.24) is 15.3 Å². The van der Waals surface area contributed by atoms with Gasteiger partial charge in [0.15, 0.2) is 0 Å². The molecular weight excluding hydrogens is 313 g/mol. The molecule has 4 nitrogen and oxygen atoms in total. The third-order valence-corrected chi connectivity index (χ3v) is 3.78. The summed E-state index contributed by atoms with van der Waals surface area (Å²) < 4.78 is 13.7. The molecule has 2 N–H and O–H groups in total. The van der Waals surface area contributed by atoms with Crippen molar-refractivity contribution in [2.75, 3.05) is 6.54 Å². The summed E-state index contributed by atoms with van der Waals surface area (Å²) in [6.07, 6.45) is 0.727. The van der Waals surface area contributed by atoms with E-state index < -0.39 is 0 Å². The molecule has 1 aliphatic heterocycles. The zero-order valence-corrected chi connectivity index (χ0v) is 11.6. The molecule has 0 bridgehead atoms. The average Bonchev–Trinajstić information content (AvgIpc) is 2.38. The predicted molar refractivity (Wildman–Crippen MR) is 73.4 cm³/mol. The van der Waals surface area contributed by atoms with Gasteiger partial charge in [0.05, 0.1) is 11.3 Å². The van der Waals surface area contributed by atoms with Crippen LogP contribution in [0.1, 0.15) is 11.3 Å². The summed E-state index contributed by atoms with van der Waals surface area (Å²) in [7, 11) is 0. The normalized spacial score (nSPS) is 14.2. The Morgan fingerprint density at radius 3 is 3.00 bits per heavy atom. The Bertz CT molecular complexity index is 699. The number of aromatic nitrogens is 2. The van der Waals surface area contributed by atoms with Crippen LogP contribution in [0.25, 0.3) is 11.4 Å². The summed E-state index contributed by atoms with van der Waals surface area (Å²) in [6, 6.07) is 4.31. The van der Waals surface area contributed by atoms with Crippen LogP contribution in [0.5, 0.6) is 0 Å². The van der Waals surface area contributed by atoms with Crippen molar-refractivity contribution in [3.8, 4) is 11.4 Å². The van der Waals surface area contributed by atoms with Gasteiger partial charge in [-0.2, -0.15) is 0 Å². The van der Waals surface area contributed by atoms with Crippen LogP contribution in [-0.2, 0) is 13.0 Å². The SMILES string of the molecule is O=c1[nH]c(-c2ccc(F)cc2Br)nc2c1CNCC2. The molecule has 2 aromatic rings. The Labute approximate surface area is 117 Å². The summed E-state index contributed by atoms with van der Waals surface area (Å²) in [5.41, 5.74) is 2.05. The number of rotatable bonds is 1. The van der Waals surface area contributed by atoms with Crippen molar-refractivity contribution >= 4 is 15.9 Å². The summed E-state index contributed by atoms with van der Waals surface area (Å²) in [6.45, 7) is 1.36. The first-order valence-electron chi connectivity index (χ1n) is 5.93. The molecular formula is C13H11BrFN3O. The molecule has 1 aromatic heterocycles. The van der Waals surface area contributed by atoms with E-state index in [1.54, 1.807) is 6.07 Å². The van der Waals surface area contributed by atoms with Gasteiger partial charge >= 0.3 is 0 Å². The number of halogens is 2. The van der Waals surface area contributed by atoms with Crippen molar-refractivity contribution in [2.45, 2.75) is 13.0 Å². The molecule has 1 aliphatic rings. The van der Waals surface area contributed by atoms with Gasteiger partial charge in [-0.15, -0.1) is 0 Å². The molecule has 1 aromatic carbocycles. The highest BCUT2D eigenvalue weighted by Crippen LogP contribution is 2.26. The molecule has 0 fully saturated rings. The number of nitrogens with zero attached hydrogens (tertiary/aromatic N) is 1. The van der Waals surface area contributed by atoms with Crippen LogP contribution < -0.4 is 10.9 Å². The molecule has 0 unspecified atom stereocenters. The van der Waals surface area contributed by atoms with E-state index in [0.717, 1.165) is 18.7 Å². The number of hydrogen-bond acceptors (Lipinski definition) is 3. The van der Waals surface area contributed by atoms with Gasteiger partial charge in [0.25, 0.3) is 5.56 Å². The topological polar surface area (TPSA) is 57.8 Å². The number of hydrogen-bond donors (Lipinski definition) is 2. The number of H-pyrrole nitrogens is 1. The van der Waals surface area contributed by atoms with Gasteiger partial charge in [-0.1, -0.05) is 0 Å². The summed E-state index contributed by atoms with van der Waals surface area (Å²) in [5, 5.41) is 3.14. The van der Waals surface area contributed by atoms with Crippen molar-refractivity contribution in [3.05, 3.63) is 50.1 Å². The smallest absolute Gasteiger partial charge is 0.255 e. The minimum absolute atomic E-state index is 0.136. The van der Waals surface area contributed by atoms with Crippen LogP contribution in [0.3, 0.4) is 0 Å². The van der Waals surface area contributed by atoms with Crippen LogP contribution in [-0.4, -0.2) is 16.5 Å². The molecule has 2 heterocycles. The summed E-state index contributed by atoms with van der Waals surface area (Å²) >= 11 is 3.29. The summed E-state index contributed by atoms with van der Waals surface area (Å²) in [4.78, 5) is 19.3. The Balaban J connectivity index is 2.15. The van der Waals surface area contributed by atoms with E-state index in [1.807, 2.05) is 0 Å². The van der Waals surface area contributed by atoms with Gasteiger partial charge in [-0.3, -0.25) is 4.79 Å². The minimum atomic E-state index is -0.333. The van der Waals surface area contributed by atoms with E-state index >= 15 is 0 Å². The van der Waals surface area contributed by atoms with Crippen LogP contribution in [0.2, 0.25) is 0 Å². The molecule has 0 spiro atoms. The molecule has 0 atom stereocenters. The fourth-order valence-corrected chi connectivity index (χ4v) is 2.70. The van der Waals surface area contributed by atoms with Crippen LogP contribution in [0, 0.1) is 5.82 Å². The van der Waals surface area contributed by atoms with Crippen molar-refractivity contribution < 1.29 is 4.39 Å². The Kier molecular flexibility index (Phi) is 3.20. The average molecular weight is 324 g/mol. The standard InChI is InChI=1S/C13H11BrFN3O/c14-10-5-7(15)1-2-8(10)12-17-11-3-4-16-6-9(11)13(19)18-12/h1-2,5,16H,3-4,6H2,(H,17,18,19). The van der Waals surface area contributed by atoms with Crippen LogP contribution >= 0.6 is 15.9 Å². The van der Waals surface area contributed by atoms with Gasteiger partial charge in [0.2, 0.25) is 0 Å². The molecule has 0 saturated carbocycles. The fraction of sp³-hybridized carbons (Fsp3) is 0.231. The van der Waals surface area contributed by atoms with Crippen LogP contribution in [0.4, 0.5) is 4.39 Å². The lowest BCUT2D eigenvalue weighted by Crippen LogP contribution is -2.31. The number of benzene rings is 1.